The fourth-order valence-electron chi connectivity index (χ4n) is 14.0. The van der Waals surface area contributed by atoms with Crippen molar-refractivity contribution in [2.24, 2.45) is 0 Å². The van der Waals surface area contributed by atoms with Crippen molar-refractivity contribution in [3.8, 4) is 65.0 Å². The van der Waals surface area contributed by atoms with Crippen LogP contribution in [-0.4, -0.2) is 35.2 Å². The minimum Gasteiger partial charge on any atom is -0.477 e. The molecule has 8 nitrogen and oxygen atoms in total. The molecule has 93 heavy (non-hydrogen) atoms. The van der Waals surface area contributed by atoms with Crippen LogP contribution < -0.4 is 9.80 Å². The summed E-state index contributed by atoms with van der Waals surface area (Å²) in [5.41, 5.74) is 15.9. The number of carbonyl (C=O) groups is 2. The summed E-state index contributed by atoms with van der Waals surface area (Å²) < 4.78 is 0. The smallest absolute Gasteiger partial charge is 0.346 e. The second kappa shape index (κ2) is 31.6. The van der Waals surface area contributed by atoms with Gasteiger partial charge in [0.15, 0.2) is 0 Å². The van der Waals surface area contributed by atoms with Gasteiger partial charge in [-0.2, -0.15) is 10.5 Å². The summed E-state index contributed by atoms with van der Waals surface area (Å²) in [4.78, 5) is 38.0. The fraction of sp³-hybridized carbons (Fsp3) is 0.358. The van der Waals surface area contributed by atoms with E-state index in [1.807, 2.05) is 59.1 Å². The molecule has 2 N–H and O–H groups in total. The first kappa shape index (κ1) is 66.9. The van der Waals surface area contributed by atoms with Crippen LogP contribution in [0.15, 0.2) is 164 Å². The number of unbranched alkanes of at least 4 members (excludes halogenated alkanes) is 16. The molecule has 3 aliphatic rings. The Balaban J connectivity index is 0.898. The normalized spacial score (nSPS) is 13.6. The van der Waals surface area contributed by atoms with Crippen LogP contribution in [0.3, 0.4) is 0 Å². The van der Waals surface area contributed by atoms with E-state index < -0.39 is 11.9 Å². The first-order chi connectivity index (χ1) is 45.5. The number of hydrogen-bond donors (Lipinski definition) is 2. The van der Waals surface area contributed by atoms with Crippen molar-refractivity contribution in [2.75, 3.05) is 22.9 Å². The molecule has 0 amide bonds. The van der Waals surface area contributed by atoms with Crippen molar-refractivity contribution < 1.29 is 19.8 Å². The SMILES string of the molecule is CCCCCCCCN1c2ccc(/C=C(/C#N)C(=O)O)cc2Sc2cc(-c3ccc(-c4ccc5c(c4)C(CCCCCC)(CCCCCC)c4cc(-c6ccc(-c7ccc8c(c7)Sc7cc(/C=C(\C#N)C(=O)O)ccc7N8CCCCCCCC)s6)ccc4-5)s3)ccc21. The third-order valence-corrected chi connectivity index (χ3v) is 23.5. The molecule has 6 aromatic carbocycles. The Morgan fingerprint density at radius 2 is 0.731 bits per heavy atom. The van der Waals surface area contributed by atoms with Crippen LogP contribution in [0.1, 0.15) is 191 Å². The van der Waals surface area contributed by atoms with E-state index in [4.69, 9.17) is 0 Å². The Hall–Kier alpha value is -7.58. The van der Waals surface area contributed by atoms with E-state index in [1.165, 1.54) is 213 Å². The van der Waals surface area contributed by atoms with Gasteiger partial charge in [-0.1, -0.05) is 215 Å². The van der Waals surface area contributed by atoms with Crippen molar-refractivity contribution in [1.82, 2.24) is 0 Å². The number of aliphatic carboxylic acids is 2. The van der Waals surface area contributed by atoms with Crippen LogP contribution in [0.25, 0.3) is 65.0 Å². The molecule has 4 heterocycles. The average molecular weight is 1310 g/mol. The molecule has 2 aromatic heterocycles. The van der Waals surface area contributed by atoms with Crippen LogP contribution in [-0.2, 0) is 15.0 Å². The van der Waals surface area contributed by atoms with Crippen molar-refractivity contribution in [1.29, 1.82) is 10.5 Å². The summed E-state index contributed by atoms with van der Waals surface area (Å²) in [7, 11) is 0. The Bertz CT molecular complexity index is 3890. The molecule has 0 saturated heterocycles. The summed E-state index contributed by atoms with van der Waals surface area (Å²) in [6, 6.07) is 53.6. The predicted molar refractivity (Wildman–Crippen MR) is 392 cm³/mol. The van der Waals surface area contributed by atoms with E-state index in [-0.39, 0.29) is 16.6 Å². The van der Waals surface area contributed by atoms with Gasteiger partial charge >= 0.3 is 11.9 Å². The van der Waals surface area contributed by atoms with Crippen molar-refractivity contribution in [3.63, 3.8) is 0 Å². The van der Waals surface area contributed by atoms with Gasteiger partial charge < -0.3 is 20.0 Å². The van der Waals surface area contributed by atoms with E-state index in [0.29, 0.717) is 11.1 Å². The first-order valence-corrected chi connectivity index (χ1v) is 37.4. The number of fused-ring (bicyclic) bond motifs is 7. The molecular formula is C81H86N4O4S4. The third kappa shape index (κ3) is 15.2. The van der Waals surface area contributed by atoms with Crippen LogP contribution in [0.4, 0.5) is 22.7 Å². The highest BCUT2D eigenvalue weighted by molar-refractivity contribution is 8.00. The van der Waals surface area contributed by atoms with Gasteiger partial charge in [0.2, 0.25) is 0 Å². The number of anilines is 4. The fourth-order valence-corrected chi connectivity index (χ4v) is 18.3. The topological polar surface area (TPSA) is 129 Å². The zero-order chi connectivity index (χ0) is 64.8. The molecule has 12 heteroatoms. The van der Waals surface area contributed by atoms with Gasteiger partial charge in [0, 0.05) is 57.6 Å². The Labute approximate surface area is 568 Å². The number of benzene rings is 6. The molecule has 8 aromatic rings. The molecule has 0 unspecified atom stereocenters. The minimum absolute atomic E-state index is 0.127. The Kier molecular flexibility index (Phi) is 22.7. The van der Waals surface area contributed by atoms with Crippen molar-refractivity contribution in [2.45, 2.75) is 194 Å². The van der Waals surface area contributed by atoms with Crippen molar-refractivity contribution in [3.05, 3.63) is 167 Å². The molecule has 478 valence electrons. The summed E-state index contributed by atoms with van der Waals surface area (Å²) in [5.74, 6) is -2.45. The maximum Gasteiger partial charge on any atom is 0.346 e. The zero-order valence-electron chi connectivity index (χ0n) is 54.5. The lowest BCUT2D eigenvalue weighted by Crippen LogP contribution is -2.25. The van der Waals surface area contributed by atoms with Crippen LogP contribution in [0.2, 0.25) is 0 Å². The van der Waals surface area contributed by atoms with Gasteiger partial charge in [0.05, 0.1) is 22.7 Å². The summed E-state index contributed by atoms with van der Waals surface area (Å²) in [6.45, 7) is 10.9. The predicted octanol–water partition coefficient (Wildman–Crippen LogP) is 24.6. The number of nitrogens with zero attached hydrogens (tertiary/aromatic N) is 4. The third-order valence-electron chi connectivity index (χ3n) is 18.9. The molecule has 0 spiro atoms. The second-order valence-electron chi connectivity index (χ2n) is 25.4. The summed E-state index contributed by atoms with van der Waals surface area (Å²) in [6.07, 6.45) is 29.3. The van der Waals surface area contributed by atoms with Gasteiger partial charge in [-0.15, -0.1) is 22.7 Å². The zero-order valence-corrected chi connectivity index (χ0v) is 57.7. The average Bonchev–Trinajstić information content (AvgIpc) is 1.50. The van der Waals surface area contributed by atoms with Gasteiger partial charge in [-0.25, -0.2) is 9.59 Å². The maximum absolute atomic E-state index is 11.9. The lowest BCUT2D eigenvalue weighted by atomic mass is 9.70. The van der Waals surface area contributed by atoms with E-state index >= 15 is 0 Å². The molecular weight excluding hydrogens is 1220 g/mol. The number of hydrogen-bond acceptors (Lipinski definition) is 10. The first-order valence-electron chi connectivity index (χ1n) is 34.2. The summed E-state index contributed by atoms with van der Waals surface area (Å²) >= 11 is 7.16. The number of nitriles is 2. The number of carboxylic acid groups (broad SMARTS) is 2. The highest BCUT2D eigenvalue weighted by atomic mass is 32.2. The minimum atomic E-state index is -1.22. The van der Waals surface area contributed by atoms with Crippen LogP contribution in [0, 0.1) is 22.7 Å². The molecule has 11 rings (SSSR count). The molecule has 0 fully saturated rings. The molecule has 0 bridgehead atoms. The summed E-state index contributed by atoms with van der Waals surface area (Å²) in [5, 5.41) is 38.6. The van der Waals surface area contributed by atoms with Gasteiger partial charge in [0.25, 0.3) is 0 Å². The Morgan fingerprint density at radius 1 is 0.409 bits per heavy atom. The van der Waals surface area contributed by atoms with E-state index in [9.17, 15) is 30.3 Å². The van der Waals surface area contributed by atoms with Crippen LogP contribution >= 0.6 is 46.2 Å². The van der Waals surface area contributed by atoms with Gasteiger partial charge in [0.1, 0.15) is 23.3 Å². The highest BCUT2D eigenvalue weighted by Crippen LogP contribution is 2.58. The van der Waals surface area contributed by atoms with E-state index in [1.54, 1.807) is 23.5 Å². The van der Waals surface area contributed by atoms with Gasteiger partial charge in [-0.3, -0.25) is 0 Å². The number of thiophene rings is 2. The molecule has 1 aliphatic carbocycles. The molecule has 0 atom stereocenters. The largest absolute Gasteiger partial charge is 0.477 e. The molecule has 0 radical (unpaired) electrons. The Morgan fingerprint density at radius 3 is 1.10 bits per heavy atom. The second-order valence-corrected chi connectivity index (χ2v) is 29.7. The monoisotopic (exact) mass is 1310 g/mol. The van der Waals surface area contributed by atoms with Gasteiger partial charge in [-0.05, 0) is 178 Å². The maximum atomic E-state index is 11.9. The quantitative estimate of drug-likeness (QED) is 0.0239. The van der Waals surface area contributed by atoms with E-state index in [2.05, 4.69) is 147 Å². The highest BCUT2D eigenvalue weighted by Gasteiger charge is 2.43. The number of rotatable bonds is 32. The van der Waals surface area contributed by atoms with E-state index in [0.717, 1.165) is 59.9 Å². The molecule has 0 saturated carbocycles. The van der Waals surface area contributed by atoms with Crippen molar-refractivity contribution >= 4 is 93.0 Å². The molecule has 2 aliphatic heterocycles. The lowest BCUT2D eigenvalue weighted by molar-refractivity contribution is -0.133. The lowest BCUT2D eigenvalue weighted by Gasteiger charge is -2.33. The number of carboxylic acids is 2. The van der Waals surface area contributed by atoms with Crippen LogP contribution in [0.5, 0.6) is 0 Å². The standard InChI is InChI=1S/C81H86N4O4S4/c1-5-9-13-17-19-23-43-84-67-33-25-55(45-61(53-82)79(86)87)47-75(67)92-77-51-59(29-35-69(77)84)73-39-37-71(90-73)57-27-31-63-64-32-28-58(50-66(64)81(65(63)49-57,41-21-15-11-7-3)42-22-16-12-8-4)72-38-40-74(91-72)60-30-36-70-78(52-60)93-76-48-56(46-62(54-83)80(88)89)26-34-68(76)85(70)44-24-20-18-14-10-6-2/h25-40,45-52H,5-24,41-44H2,1-4H3,(H,86,87)(H,88,89)/b61-45-,62-46+.